The maximum Gasteiger partial charge on any atom is 0.282 e. The molecule has 0 bridgehead atoms. The number of carbonyl (C=O) groups excluding carboxylic acids is 1. The van der Waals surface area contributed by atoms with Crippen molar-refractivity contribution in [1.29, 1.82) is 0 Å². The number of nitrogens with two attached hydrogens (primary N) is 1. The number of nitrogen functional groups attached to an aromatic ring is 1. The van der Waals surface area contributed by atoms with Crippen LogP contribution in [0.5, 0.6) is 0 Å². The Morgan fingerprint density at radius 2 is 2.06 bits per heavy atom. The van der Waals surface area contributed by atoms with Crippen LogP contribution in [-0.4, -0.2) is 29.8 Å². The van der Waals surface area contributed by atoms with Gasteiger partial charge in [-0.2, -0.15) is 0 Å². The molecular weight excluding hydrogens is 329 g/mol. The van der Waals surface area contributed by atoms with Gasteiger partial charge in [-0.1, -0.05) is 0 Å². The van der Waals surface area contributed by atoms with Gasteiger partial charge in [0.1, 0.15) is 0 Å². The van der Waals surface area contributed by atoms with E-state index in [9.17, 15) is 13.6 Å². The van der Waals surface area contributed by atoms with Gasteiger partial charge in [0.05, 0.1) is 13.1 Å². The molecule has 16 heavy (non-hydrogen) atoms. The minimum Gasteiger partial charge on any atom is -0.398 e. The first-order valence-electron chi connectivity index (χ1n) is 4.61. The summed E-state index contributed by atoms with van der Waals surface area (Å²) >= 11 is 2.00. The van der Waals surface area contributed by atoms with Gasteiger partial charge in [-0.25, -0.2) is 8.78 Å². The van der Waals surface area contributed by atoms with Crippen LogP contribution in [0.3, 0.4) is 0 Å². The molecule has 1 aliphatic rings. The molecule has 0 aromatic heterocycles. The first kappa shape index (κ1) is 11.6. The lowest BCUT2D eigenvalue weighted by Gasteiger charge is -2.38. The topological polar surface area (TPSA) is 46.3 Å². The van der Waals surface area contributed by atoms with Gasteiger partial charge in [0.2, 0.25) is 0 Å². The Balaban J connectivity index is 2.13. The molecule has 0 spiro atoms. The lowest BCUT2D eigenvalue weighted by Crippen LogP contribution is -2.58. The summed E-state index contributed by atoms with van der Waals surface area (Å²) in [6, 6.07) is 4.76. The van der Waals surface area contributed by atoms with Crippen molar-refractivity contribution in [1.82, 2.24) is 4.90 Å². The minimum absolute atomic E-state index is 0.371. The van der Waals surface area contributed by atoms with Crippen molar-refractivity contribution in [2.45, 2.75) is 5.92 Å². The Labute approximate surface area is 105 Å². The van der Waals surface area contributed by atoms with Gasteiger partial charge < -0.3 is 10.6 Å². The molecule has 1 aromatic carbocycles. The van der Waals surface area contributed by atoms with E-state index in [0.717, 1.165) is 8.47 Å². The molecule has 1 aromatic rings. The predicted molar refractivity (Wildman–Crippen MR) is 64.4 cm³/mol. The second kappa shape index (κ2) is 3.83. The lowest BCUT2D eigenvalue weighted by molar-refractivity contribution is -0.113. The van der Waals surface area contributed by atoms with Crippen LogP contribution in [0, 0.1) is 3.57 Å². The van der Waals surface area contributed by atoms with Crippen molar-refractivity contribution in [2.75, 3.05) is 18.8 Å². The van der Waals surface area contributed by atoms with Crippen molar-refractivity contribution in [3.05, 3.63) is 27.3 Å². The second-order valence-corrected chi connectivity index (χ2v) is 4.92. The molecular formula is C10H9F2IN2O. The minimum atomic E-state index is -2.73. The molecule has 0 aliphatic carbocycles. The van der Waals surface area contributed by atoms with Crippen molar-refractivity contribution in [3.8, 4) is 0 Å². The first-order valence-corrected chi connectivity index (χ1v) is 5.69. The predicted octanol–water partition coefficient (Wildman–Crippen LogP) is 1.96. The van der Waals surface area contributed by atoms with E-state index in [1.54, 1.807) is 18.2 Å². The summed E-state index contributed by atoms with van der Waals surface area (Å²) in [5.74, 6) is -3.10. The Morgan fingerprint density at radius 1 is 1.44 bits per heavy atom. The van der Waals surface area contributed by atoms with Gasteiger partial charge in [0.15, 0.2) is 0 Å². The quantitative estimate of drug-likeness (QED) is 0.629. The number of rotatable bonds is 1. The van der Waals surface area contributed by atoms with Gasteiger partial charge in [-0.05, 0) is 40.8 Å². The molecule has 0 unspecified atom stereocenters. The van der Waals surface area contributed by atoms with Gasteiger partial charge in [-0.3, -0.25) is 4.79 Å². The van der Waals surface area contributed by atoms with E-state index in [4.69, 9.17) is 5.73 Å². The van der Waals surface area contributed by atoms with E-state index in [2.05, 4.69) is 0 Å². The average Bonchev–Trinajstić information content (AvgIpc) is 2.17. The summed E-state index contributed by atoms with van der Waals surface area (Å²) in [6.45, 7) is -0.987. The maximum absolute atomic E-state index is 12.6. The van der Waals surface area contributed by atoms with E-state index in [1.165, 1.54) is 0 Å². The summed E-state index contributed by atoms with van der Waals surface area (Å²) in [5.41, 5.74) is 6.57. The van der Waals surface area contributed by atoms with Crippen LogP contribution in [0.2, 0.25) is 0 Å². The Bertz CT molecular complexity index is 442. The van der Waals surface area contributed by atoms with Crippen molar-refractivity contribution in [3.63, 3.8) is 0 Å². The van der Waals surface area contributed by atoms with Crippen LogP contribution in [0.15, 0.2) is 18.2 Å². The molecule has 1 fully saturated rings. The molecule has 2 N–H and O–H groups in total. The molecule has 1 heterocycles. The molecule has 6 heteroatoms. The number of anilines is 1. The van der Waals surface area contributed by atoms with Crippen LogP contribution in [0.1, 0.15) is 10.4 Å². The first-order chi connectivity index (χ1) is 7.39. The Morgan fingerprint density at radius 3 is 2.56 bits per heavy atom. The summed E-state index contributed by atoms with van der Waals surface area (Å²) in [4.78, 5) is 12.9. The molecule has 0 saturated carbocycles. The maximum atomic E-state index is 12.6. The third-order valence-corrected chi connectivity index (χ3v) is 3.31. The number of halogens is 3. The Hall–Kier alpha value is -0.920. The van der Waals surface area contributed by atoms with Crippen molar-refractivity contribution in [2.24, 2.45) is 0 Å². The third-order valence-electron chi connectivity index (χ3n) is 2.38. The van der Waals surface area contributed by atoms with Gasteiger partial charge in [-0.15, -0.1) is 0 Å². The molecule has 1 aliphatic heterocycles. The largest absolute Gasteiger partial charge is 0.398 e. The van der Waals surface area contributed by atoms with Crippen LogP contribution in [-0.2, 0) is 0 Å². The Kier molecular flexibility index (Phi) is 2.77. The normalized spacial score (nSPS) is 18.1. The van der Waals surface area contributed by atoms with Crippen LogP contribution >= 0.6 is 22.6 Å². The van der Waals surface area contributed by atoms with E-state index < -0.39 is 19.0 Å². The van der Waals surface area contributed by atoms with Crippen LogP contribution < -0.4 is 5.73 Å². The lowest BCUT2D eigenvalue weighted by atomic mass is 10.1. The van der Waals surface area contributed by atoms with Gasteiger partial charge >= 0.3 is 0 Å². The highest BCUT2D eigenvalue weighted by Gasteiger charge is 2.46. The number of alkyl halides is 2. The third kappa shape index (κ3) is 2.11. The SMILES string of the molecule is Nc1ccc(C(=O)N2CC(F)(F)C2)cc1I. The molecule has 2 rings (SSSR count). The zero-order valence-electron chi connectivity index (χ0n) is 8.21. The average molecular weight is 338 g/mol. The van der Waals surface area contributed by atoms with E-state index in [1.807, 2.05) is 22.6 Å². The van der Waals surface area contributed by atoms with Crippen molar-refractivity contribution < 1.29 is 13.6 Å². The zero-order valence-corrected chi connectivity index (χ0v) is 10.4. The van der Waals surface area contributed by atoms with E-state index in [-0.39, 0.29) is 5.91 Å². The highest BCUT2D eigenvalue weighted by Crippen LogP contribution is 2.28. The fourth-order valence-electron chi connectivity index (χ4n) is 1.50. The fourth-order valence-corrected chi connectivity index (χ4v) is 2.01. The number of nitrogens with zero attached hydrogens (tertiary/aromatic N) is 1. The van der Waals surface area contributed by atoms with Gasteiger partial charge in [0.25, 0.3) is 11.8 Å². The van der Waals surface area contributed by atoms with E-state index in [0.29, 0.717) is 11.3 Å². The molecule has 0 radical (unpaired) electrons. The molecule has 1 saturated heterocycles. The fraction of sp³-hybridized carbons (Fsp3) is 0.300. The number of amides is 1. The molecule has 0 atom stereocenters. The van der Waals surface area contributed by atoms with E-state index >= 15 is 0 Å². The van der Waals surface area contributed by atoms with Crippen LogP contribution in [0.25, 0.3) is 0 Å². The van der Waals surface area contributed by atoms with Crippen LogP contribution in [0.4, 0.5) is 14.5 Å². The number of benzene rings is 1. The summed E-state index contributed by atoms with van der Waals surface area (Å²) in [6.07, 6.45) is 0. The highest BCUT2D eigenvalue weighted by molar-refractivity contribution is 14.1. The number of carbonyl (C=O) groups is 1. The van der Waals surface area contributed by atoms with Gasteiger partial charge in [0, 0.05) is 14.8 Å². The molecule has 1 amide bonds. The summed E-state index contributed by atoms with van der Waals surface area (Å²) in [5, 5.41) is 0. The smallest absolute Gasteiger partial charge is 0.282 e. The zero-order chi connectivity index (χ0) is 11.9. The van der Waals surface area contributed by atoms with Crippen molar-refractivity contribution >= 4 is 34.2 Å². The second-order valence-electron chi connectivity index (χ2n) is 3.75. The number of hydrogen-bond donors (Lipinski definition) is 1. The summed E-state index contributed by atoms with van der Waals surface area (Å²) in [7, 11) is 0. The highest BCUT2D eigenvalue weighted by atomic mass is 127. The molecule has 3 nitrogen and oxygen atoms in total. The summed E-state index contributed by atoms with van der Waals surface area (Å²) < 4.78 is 25.9. The standard InChI is InChI=1S/C10H9F2IN2O/c11-10(12)4-15(5-10)9(16)6-1-2-8(14)7(13)3-6/h1-3H,4-5,14H2. The number of hydrogen-bond acceptors (Lipinski definition) is 2. The molecule has 86 valence electrons. The number of likely N-dealkylation sites (tertiary alicyclic amines) is 1. The monoisotopic (exact) mass is 338 g/mol.